The third-order valence-electron chi connectivity index (χ3n) is 3.91. The molecule has 1 fully saturated rings. The highest BCUT2D eigenvalue weighted by Gasteiger charge is 2.63. The van der Waals surface area contributed by atoms with Crippen LogP contribution in [0.25, 0.3) is 0 Å². The number of hydrogen-bond acceptors (Lipinski definition) is 16. The fourth-order valence-corrected chi connectivity index (χ4v) is 8.87. The highest BCUT2D eigenvalue weighted by atomic mass is 31.3. The second kappa shape index (κ2) is 14.4. The van der Waals surface area contributed by atoms with Gasteiger partial charge in [-0.3, -0.25) is 27.1 Å². The zero-order valence-electron chi connectivity index (χ0n) is 19.8. The summed E-state index contributed by atoms with van der Waals surface area (Å²) in [6.07, 6.45) is -21.0. The minimum atomic E-state index is -6.58. The van der Waals surface area contributed by atoms with E-state index >= 15 is 0 Å². The predicted molar refractivity (Wildman–Crippen MR) is 123 cm³/mol. The molecule has 0 heterocycles. The van der Waals surface area contributed by atoms with E-state index in [1.807, 2.05) is 0 Å². The molecule has 0 aliphatic heterocycles. The van der Waals surface area contributed by atoms with Gasteiger partial charge < -0.3 is 68.5 Å². The Kier molecular flexibility index (Phi) is 14.1. The lowest BCUT2D eigenvalue weighted by Crippen LogP contribution is -2.66. The fourth-order valence-electron chi connectivity index (χ4n) is 3.09. The van der Waals surface area contributed by atoms with Crippen molar-refractivity contribution in [3.8, 4) is 0 Å². The Labute approximate surface area is 240 Å². The second-order valence-electron chi connectivity index (χ2n) is 7.46. The molecule has 0 bridgehead atoms. The Morgan fingerprint density at radius 2 is 0.432 bits per heavy atom. The van der Waals surface area contributed by atoms with Crippen molar-refractivity contribution in [1.82, 2.24) is 0 Å². The van der Waals surface area contributed by atoms with Gasteiger partial charge in [0.25, 0.3) is 0 Å². The molecule has 8 atom stereocenters. The van der Waals surface area contributed by atoms with Gasteiger partial charge in [0, 0.05) is 0 Å². The van der Waals surface area contributed by atoms with Crippen LogP contribution in [0.1, 0.15) is 0 Å². The molecule has 0 aromatic heterocycles. The fraction of sp³-hybridized carbons (Fsp3) is 1.00. The van der Waals surface area contributed by atoms with Crippen LogP contribution in [0, 0.1) is 0 Å². The van der Waals surface area contributed by atoms with E-state index < -0.39 is 99.2 Å². The van der Waals surface area contributed by atoms with Gasteiger partial charge in [-0.05, 0) is 0 Å². The lowest BCUT2D eigenvalue weighted by Gasteiger charge is -2.48. The maximum absolute atomic E-state index is 12.3. The molecule has 0 radical (unpaired) electrons. The van der Waals surface area contributed by atoms with Crippen LogP contribution in [0.2, 0.25) is 0 Å². The molecule has 44 heavy (non-hydrogen) atoms. The molecule has 38 heteroatoms. The third kappa shape index (κ3) is 16.9. The van der Waals surface area contributed by atoms with E-state index in [4.69, 9.17) is 19.6 Å². The first kappa shape index (κ1) is 43.0. The summed E-state index contributed by atoms with van der Waals surface area (Å²) in [5, 5.41) is 0. The first-order valence-electron chi connectivity index (χ1n) is 9.50. The summed E-state index contributed by atoms with van der Waals surface area (Å²) >= 11 is 0. The molecule has 14 N–H and O–H groups in total. The standard InChI is InChI=1S/C6H20O30P8/c7-37(8,9)29-1-2(30-38(10,11)12)4(32-40(16,17)18)6(34-44(27,28)36-42(22,23)24)5(3(1)31-39(13,14)15)33-43(25,26)35-41(19,20)21/h1-6H,(H,25,26)(H,27,28)(H2,7,8,9)(H2,10,11,12)(H2,13,14,15)(H2,16,17,18)(H2,19,20,21)(H2,22,23,24)/t1?,2?,3?,4?,5-,6?/m0/s1. The van der Waals surface area contributed by atoms with Gasteiger partial charge in [-0.25, -0.2) is 36.5 Å². The molecule has 1 aliphatic carbocycles. The SMILES string of the molecule is O=P(O)(O)OC1C(OP(=O)(O)O)C(OP(=O)(O)O)[C@H](OP(=O)(O)OP(=O)(O)O)C(OP(=O)(O)OP(=O)(O)O)C1OP(=O)(O)O. The molecule has 30 nitrogen and oxygen atoms in total. The van der Waals surface area contributed by atoms with Crippen molar-refractivity contribution < 1.29 is 141 Å². The van der Waals surface area contributed by atoms with Crippen molar-refractivity contribution in [1.29, 1.82) is 0 Å². The van der Waals surface area contributed by atoms with Crippen molar-refractivity contribution in [2.24, 2.45) is 0 Å². The van der Waals surface area contributed by atoms with Crippen LogP contribution in [0.5, 0.6) is 0 Å². The molecule has 0 aromatic rings. The lowest BCUT2D eigenvalue weighted by molar-refractivity contribution is -0.201. The van der Waals surface area contributed by atoms with Gasteiger partial charge in [0.15, 0.2) is 0 Å². The topological polar surface area (TPSA) is 494 Å². The van der Waals surface area contributed by atoms with Crippen molar-refractivity contribution in [2.45, 2.75) is 36.6 Å². The van der Waals surface area contributed by atoms with Crippen LogP contribution in [0.3, 0.4) is 0 Å². The first-order valence-corrected chi connectivity index (χ1v) is 21.7. The van der Waals surface area contributed by atoms with Crippen LogP contribution >= 0.6 is 62.6 Å². The summed E-state index contributed by atoms with van der Waals surface area (Å²) < 4.78 is 125. The average molecular weight is 820 g/mol. The van der Waals surface area contributed by atoms with E-state index in [0.29, 0.717) is 0 Å². The van der Waals surface area contributed by atoms with Gasteiger partial charge in [0.2, 0.25) is 0 Å². The number of hydrogen-bond donors (Lipinski definition) is 14. The van der Waals surface area contributed by atoms with Crippen molar-refractivity contribution in [2.75, 3.05) is 0 Å². The Bertz CT molecular complexity index is 1290. The van der Waals surface area contributed by atoms with Gasteiger partial charge in [0.05, 0.1) is 0 Å². The molecule has 1 saturated carbocycles. The van der Waals surface area contributed by atoms with Crippen LogP contribution < -0.4 is 0 Å². The zero-order chi connectivity index (χ0) is 35.1. The van der Waals surface area contributed by atoms with E-state index in [9.17, 15) is 85.5 Å². The number of phosphoric acid groups is 8. The van der Waals surface area contributed by atoms with Gasteiger partial charge in [-0.2, -0.15) is 8.62 Å². The Morgan fingerprint density at radius 1 is 0.273 bits per heavy atom. The maximum Gasteiger partial charge on any atom is 0.481 e. The second-order valence-corrected chi connectivity index (χ2v) is 17.8. The molecule has 0 spiro atoms. The Morgan fingerprint density at radius 3 is 0.568 bits per heavy atom. The van der Waals surface area contributed by atoms with Crippen molar-refractivity contribution in [3.05, 3.63) is 0 Å². The van der Waals surface area contributed by atoms with E-state index in [0.717, 1.165) is 0 Å². The van der Waals surface area contributed by atoms with Gasteiger partial charge >= 0.3 is 62.6 Å². The summed E-state index contributed by atoms with van der Waals surface area (Å²) in [5.74, 6) is 0. The summed E-state index contributed by atoms with van der Waals surface area (Å²) in [6, 6.07) is 0. The monoisotopic (exact) mass is 820 g/mol. The van der Waals surface area contributed by atoms with Gasteiger partial charge in [-0.1, -0.05) is 0 Å². The molecular weight excluding hydrogens is 800 g/mol. The molecule has 0 aromatic carbocycles. The zero-order valence-corrected chi connectivity index (χ0v) is 27.0. The molecule has 0 amide bonds. The normalized spacial score (nSPS) is 29.1. The maximum atomic E-state index is 12.3. The highest BCUT2D eigenvalue weighted by molar-refractivity contribution is 7.61. The van der Waals surface area contributed by atoms with E-state index in [1.165, 1.54) is 0 Å². The first-order chi connectivity index (χ1) is 19.0. The molecule has 1 rings (SSSR count). The summed E-state index contributed by atoms with van der Waals surface area (Å²) in [5.41, 5.74) is 0. The van der Waals surface area contributed by atoms with Crippen molar-refractivity contribution in [3.63, 3.8) is 0 Å². The van der Waals surface area contributed by atoms with Crippen molar-refractivity contribution >= 4 is 62.6 Å². The Balaban J connectivity index is 4.25. The van der Waals surface area contributed by atoms with E-state index in [1.54, 1.807) is 0 Å². The average Bonchev–Trinajstić information content (AvgIpc) is 2.62. The van der Waals surface area contributed by atoms with E-state index in [-0.39, 0.29) is 0 Å². The van der Waals surface area contributed by atoms with Crippen LogP contribution in [-0.2, 0) is 72.3 Å². The molecular formula is C6H20O30P8. The molecule has 1 aliphatic rings. The van der Waals surface area contributed by atoms with Crippen LogP contribution in [0.15, 0.2) is 0 Å². The smallest absolute Gasteiger partial charge is 0.303 e. The van der Waals surface area contributed by atoms with Crippen LogP contribution in [0.4, 0.5) is 0 Å². The van der Waals surface area contributed by atoms with Gasteiger partial charge in [0.1, 0.15) is 36.6 Å². The molecule has 264 valence electrons. The minimum absolute atomic E-state index is 3.36. The molecule has 7 unspecified atom stereocenters. The number of phosphoric ester groups is 6. The quantitative estimate of drug-likeness (QED) is 0.0694. The minimum Gasteiger partial charge on any atom is -0.303 e. The van der Waals surface area contributed by atoms with E-state index in [2.05, 4.69) is 35.8 Å². The molecule has 0 saturated heterocycles. The van der Waals surface area contributed by atoms with Crippen LogP contribution in [-0.4, -0.2) is 105 Å². The highest BCUT2D eigenvalue weighted by Crippen LogP contribution is 2.64. The number of rotatable bonds is 16. The third-order valence-corrected chi connectivity index (χ3v) is 10.4. The summed E-state index contributed by atoms with van der Waals surface area (Å²) in [6.45, 7) is 0. The largest absolute Gasteiger partial charge is 0.481 e. The predicted octanol–water partition coefficient (Wildman–Crippen LogP) is -2.90. The Hall–Kier alpha value is 0.960. The summed E-state index contributed by atoms with van der Waals surface area (Å²) in [4.78, 5) is 129. The lowest BCUT2D eigenvalue weighted by atomic mass is 9.85. The summed E-state index contributed by atoms with van der Waals surface area (Å²) in [7, 11) is -50.6. The van der Waals surface area contributed by atoms with Gasteiger partial charge in [-0.15, -0.1) is 0 Å².